The number of fused-ring (bicyclic) bond motifs is 8. The van der Waals surface area contributed by atoms with Crippen molar-refractivity contribution in [2.45, 2.75) is 146 Å². The second-order valence-corrected chi connectivity index (χ2v) is 20.9. The van der Waals surface area contributed by atoms with E-state index in [-0.39, 0.29) is 11.1 Å². The summed E-state index contributed by atoms with van der Waals surface area (Å²) in [6.07, 6.45) is 19.4. The van der Waals surface area contributed by atoms with Crippen LogP contribution in [0.1, 0.15) is 96.1 Å². The van der Waals surface area contributed by atoms with E-state index in [1.807, 2.05) is 46.3 Å². The number of nitrogens with one attached hydrogen (secondary N) is 2. The fourth-order valence-corrected chi connectivity index (χ4v) is 12.8. The molecule has 0 amide bonds. The Hall–Kier alpha value is -5.72. The van der Waals surface area contributed by atoms with E-state index in [1.54, 1.807) is 0 Å². The Morgan fingerprint density at radius 3 is 1.78 bits per heavy atom. The molecule has 2 N–H and O–H groups in total. The van der Waals surface area contributed by atoms with Gasteiger partial charge < -0.3 is 29.9 Å². The highest BCUT2D eigenvalue weighted by Crippen LogP contribution is 2.51. The van der Waals surface area contributed by atoms with Gasteiger partial charge in [-0.05, 0) is 174 Å². The van der Waals surface area contributed by atoms with Gasteiger partial charge in [0.25, 0.3) is 0 Å². The Bertz CT molecular complexity index is 2720. The van der Waals surface area contributed by atoms with Gasteiger partial charge in [-0.1, -0.05) is 12.1 Å². The summed E-state index contributed by atoms with van der Waals surface area (Å²) >= 11 is 0. The van der Waals surface area contributed by atoms with Gasteiger partial charge in [0, 0.05) is 83.2 Å². The third-order valence-corrected chi connectivity index (χ3v) is 15.4. The molecule has 5 aliphatic heterocycles. The molecule has 2 aliphatic carbocycles. The van der Waals surface area contributed by atoms with Crippen LogP contribution in [0.2, 0.25) is 0 Å². The van der Waals surface area contributed by atoms with Gasteiger partial charge >= 0.3 is 0 Å². The number of pyridine rings is 2. The predicted octanol–water partition coefficient (Wildman–Crippen LogP) is 8.79. The molecule has 5 unspecified atom stereocenters. The molecule has 7 aliphatic rings. The average molecular weight is 855 g/mol. The third-order valence-electron chi connectivity index (χ3n) is 15.4. The fraction of sp³-hybridized carbons (Fsp3) is 0.462. The maximum atomic E-state index is 6.49. The van der Waals surface area contributed by atoms with Crippen LogP contribution < -0.4 is 29.9 Å². The number of aromatic nitrogens is 6. The van der Waals surface area contributed by atoms with E-state index in [2.05, 4.69) is 112 Å². The summed E-state index contributed by atoms with van der Waals surface area (Å²) in [5.41, 5.74) is 8.90. The second-order valence-electron chi connectivity index (χ2n) is 20.9. The standard InChI is InChI=1S/C52H58N10O2/c1-51(2)28-41(61(37-8-9-37)47-16-14-44-42-12-10-38(59-20-4-18-53-59)22-33(42)30-63-49(44)56-47)29-52(3,58-51)27-32-24-46(32)62(40-25-35-6-7-36(26-40)55-35)48-17-15-45-43-13-11-39(60-21-5-19-54-60)23-34(43)31-64-50(45)57-48/h4-5,10-23,32,35-37,40-41,46,55,58H,6-9,24-31H2,1-3H3/t32?,35-,36+,40?,41?,46?,52?. The number of ether oxygens (including phenoxy) is 2. The van der Waals surface area contributed by atoms with Gasteiger partial charge in [0.05, 0.1) is 11.4 Å². The van der Waals surface area contributed by atoms with Gasteiger partial charge in [-0.25, -0.2) is 9.36 Å². The Balaban J connectivity index is 0.760. The number of hydrogen-bond acceptors (Lipinski definition) is 10. The number of anilines is 2. The summed E-state index contributed by atoms with van der Waals surface area (Å²) in [6.45, 7) is 8.34. The molecule has 0 spiro atoms. The molecule has 2 saturated carbocycles. The Morgan fingerprint density at radius 2 is 1.22 bits per heavy atom. The summed E-state index contributed by atoms with van der Waals surface area (Å²) in [5.74, 6) is 4.22. The molecule has 4 aromatic heterocycles. The minimum atomic E-state index is -0.0289. The highest BCUT2D eigenvalue weighted by Gasteiger charge is 2.53. The van der Waals surface area contributed by atoms with Crippen LogP contribution in [0.5, 0.6) is 11.8 Å². The smallest absolute Gasteiger partial charge is 0.223 e. The highest BCUT2D eigenvalue weighted by atomic mass is 16.5. The van der Waals surface area contributed by atoms with Crippen molar-refractivity contribution in [1.82, 2.24) is 40.2 Å². The summed E-state index contributed by atoms with van der Waals surface area (Å²) in [5, 5.41) is 17.0. The average Bonchev–Trinajstić information content (AvgIpc) is 4.02. The largest absolute Gasteiger partial charge is 0.472 e. The van der Waals surface area contributed by atoms with Crippen LogP contribution >= 0.6 is 0 Å². The molecule has 328 valence electrons. The molecule has 2 aromatic carbocycles. The normalized spacial score (nSPS) is 28.2. The number of piperidine rings is 2. The van der Waals surface area contributed by atoms with Crippen LogP contribution in [-0.4, -0.2) is 76.9 Å². The van der Waals surface area contributed by atoms with E-state index < -0.39 is 0 Å². The van der Waals surface area contributed by atoms with E-state index >= 15 is 0 Å². The lowest BCUT2D eigenvalue weighted by Gasteiger charge is -2.52. The Kier molecular flexibility index (Phi) is 8.86. The zero-order valence-corrected chi connectivity index (χ0v) is 37.2. The third kappa shape index (κ3) is 6.95. The van der Waals surface area contributed by atoms with Gasteiger partial charge in [0.2, 0.25) is 11.8 Å². The van der Waals surface area contributed by atoms with Crippen molar-refractivity contribution >= 4 is 11.6 Å². The molecule has 7 atom stereocenters. The molecular weight excluding hydrogens is 797 g/mol. The first-order chi connectivity index (χ1) is 31.2. The predicted molar refractivity (Wildman–Crippen MR) is 248 cm³/mol. The van der Waals surface area contributed by atoms with E-state index in [0.29, 0.717) is 55.4 Å². The van der Waals surface area contributed by atoms with Crippen molar-refractivity contribution in [3.63, 3.8) is 0 Å². The van der Waals surface area contributed by atoms with E-state index in [9.17, 15) is 0 Å². The van der Waals surface area contributed by atoms with Gasteiger partial charge in [-0.15, -0.1) is 0 Å². The summed E-state index contributed by atoms with van der Waals surface area (Å²) in [6, 6.07) is 29.0. The first-order valence-electron chi connectivity index (χ1n) is 23.9. The van der Waals surface area contributed by atoms with Crippen molar-refractivity contribution in [3.8, 4) is 45.4 Å². The molecule has 13 rings (SSSR count). The zero-order valence-electron chi connectivity index (χ0n) is 37.2. The fourth-order valence-electron chi connectivity index (χ4n) is 12.8. The molecule has 6 aromatic rings. The van der Waals surface area contributed by atoms with Gasteiger partial charge in [0.1, 0.15) is 24.8 Å². The van der Waals surface area contributed by atoms with Gasteiger partial charge in [-0.3, -0.25) is 0 Å². The van der Waals surface area contributed by atoms with Crippen LogP contribution in [0.15, 0.2) is 97.6 Å². The second kappa shape index (κ2) is 14.7. The first kappa shape index (κ1) is 38.7. The molecule has 2 bridgehead atoms. The molecule has 5 fully saturated rings. The van der Waals surface area contributed by atoms with Crippen molar-refractivity contribution in [2.24, 2.45) is 5.92 Å². The number of rotatable bonds is 10. The van der Waals surface area contributed by atoms with Crippen molar-refractivity contribution in [2.75, 3.05) is 9.80 Å². The molecule has 12 heteroatoms. The summed E-state index contributed by atoms with van der Waals surface area (Å²) in [7, 11) is 0. The van der Waals surface area contributed by atoms with Crippen molar-refractivity contribution < 1.29 is 9.47 Å². The van der Waals surface area contributed by atoms with Crippen LogP contribution in [0.25, 0.3) is 33.6 Å². The lowest BCUT2D eigenvalue weighted by molar-refractivity contribution is 0.130. The molecule has 64 heavy (non-hydrogen) atoms. The Labute approximate surface area is 375 Å². The maximum Gasteiger partial charge on any atom is 0.223 e. The molecule has 0 radical (unpaired) electrons. The number of benzene rings is 2. The lowest BCUT2D eigenvalue weighted by atomic mass is 9.75. The van der Waals surface area contributed by atoms with Crippen molar-refractivity contribution in [3.05, 3.63) is 109 Å². The topological polar surface area (TPSA) is 110 Å². The molecular formula is C52H58N10O2. The molecule has 3 saturated heterocycles. The Morgan fingerprint density at radius 1 is 0.641 bits per heavy atom. The maximum absolute atomic E-state index is 6.49. The SMILES string of the molecule is CC1(C)CC(N(c2ccc3c(n2)OCc2cc(-n4cccn4)ccc2-3)C2CC2)CC(C)(CC2CC2N(c2ccc3c(n2)OCc2cc(-n4cccn4)ccc2-3)C2C[C@H]3CC[C@@H](C2)N3)N1. The zero-order chi connectivity index (χ0) is 42.7. The van der Waals surface area contributed by atoms with Gasteiger partial charge in [0.15, 0.2) is 0 Å². The quantitative estimate of drug-likeness (QED) is 0.139. The van der Waals surface area contributed by atoms with Gasteiger partial charge in [-0.2, -0.15) is 20.2 Å². The number of hydrogen-bond donors (Lipinski definition) is 2. The van der Waals surface area contributed by atoms with E-state index in [1.165, 1.54) is 61.6 Å². The summed E-state index contributed by atoms with van der Waals surface area (Å²) in [4.78, 5) is 16.2. The number of nitrogens with zero attached hydrogens (tertiary/aromatic N) is 8. The monoisotopic (exact) mass is 854 g/mol. The molecule has 12 nitrogen and oxygen atoms in total. The minimum Gasteiger partial charge on any atom is -0.472 e. The van der Waals surface area contributed by atoms with Crippen LogP contribution in [-0.2, 0) is 13.2 Å². The van der Waals surface area contributed by atoms with Crippen molar-refractivity contribution in [1.29, 1.82) is 0 Å². The van der Waals surface area contributed by atoms with Crippen LogP contribution in [0.4, 0.5) is 11.6 Å². The van der Waals surface area contributed by atoms with Crippen LogP contribution in [0.3, 0.4) is 0 Å². The molecule has 9 heterocycles. The first-order valence-corrected chi connectivity index (χ1v) is 23.9. The minimum absolute atomic E-state index is 0.0219. The van der Waals surface area contributed by atoms with Crippen LogP contribution in [0, 0.1) is 5.92 Å². The highest BCUT2D eigenvalue weighted by molar-refractivity contribution is 5.77. The van der Waals surface area contributed by atoms with E-state index in [0.717, 1.165) is 70.7 Å². The van der Waals surface area contributed by atoms with E-state index in [4.69, 9.17) is 19.4 Å². The summed E-state index contributed by atoms with van der Waals surface area (Å²) < 4.78 is 16.7. The lowest BCUT2D eigenvalue weighted by Crippen LogP contribution is -2.64.